The number of ketones is 1. The van der Waals surface area contributed by atoms with Crippen LogP contribution in [-0.4, -0.2) is 33.9 Å². The van der Waals surface area contributed by atoms with E-state index in [-0.39, 0.29) is 5.78 Å². The topological polar surface area (TPSA) is 59.8 Å². The van der Waals surface area contributed by atoms with Gasteiger partial charge in [0.2, 0.25) is 0 Å². The van der Waals surface area contributed by atoms with Crippen LogP contribution < -0.4 is 5.32 Å². The third-order valence-corrected chi connectivity index (χ3v) is 3.25. The van der Waals surface area contributed by atoms with Crippen LogP contribution in [0.5, 0.6) is 0 Å². The molecule has 0 aliphatic carbocycles. The number of nitrogens with zero attached hydrogens (tertiary/aromatic N) is 3. The number of rotatable bonds is 6. The molecule has 1 aliphatic rings. The Hall–Kier alpha value is -1.23. The fourth-order valence-corrected chi connectivity index (χ4v) is 2.06. The van der Waals surface area contributed by atoms with Crippen molar-refractivity contribution in [3.05, 3.63) is 11.9 Å². The summed E-state index contributed by atoms with van der Waals surface area (Å²) in [5, 5.41) is 11.2. The highest BCUT2D eigenvalue weighted by atomic mass is 16.1. The second-order valence-corrected chi connectivity index (χ2v) is 4.92. The van der Waals surface area contributed by atoms with E-state index in [1.54, 1.807) is 10.9 Å². The first-order valence-electron chi connectivity index (χ1n) is 6.36. The summed E-state index contributed by atoms with van der Waals surface area (Å²) >= 11 is 0. The summed E-state index contributed by atoms with van der Waals surface area (Å²) in [4.78, 5) is 11.9. The van der Waals surface area contributed by atoms with Gasteiger partial charge in [-0.3, -0.25) is 4.79 Å². The molecule has 0 radical (unpaired) electrons. The van der Waals surface area contributed by atoms with Crippen molar-refractivity contribution in [3.8, 4) is 0 Å². The predicted molar refractivity (Wildman–Crippen MR) is 64.9 cm³/mol. The van der Waals surface area contributed by atoms with Crippen LogP contribution >= 0.6 is 0 Å². The molecule has 1 atom stereocenters. The van der Waals surface area contributed by atoms with Gasteiger partial charge in [0.1, 0.15) is 5.69 Å². The molecule has 5 nitrogen and oxygen atoms in total. The lowest BCUT2D eigenvalue weighted by Crippen LogP contribution is -2.43. The lowest BCUT2D eigenvalue weighted by Gasteiger charge is -2.26. The predicted octanol–water partition coefficient (Wildman–Crippen LogP) is 1.43. The zero-order valence-electron chi connectivity index (χ0n) is 10.5. The van der Waals surface area contributed by atoms with E-state index in [1.165, 1.54) is 0 Å². The zero-order chi connectivity index (χ0) is 12.3. The molecule has 0 amide bonds. The van der Waals surface area contributed by atoms with Crippen LogP contribution in [0, 0.1) is 5.92 Å². The highest BCUT2D eigenvalue weighted by molar-refractivity contribution is 5.93. The number of aromatic nitrogens is 3. The summed E-state index contributed by atoms with van der Waals surface area (Å²) in [6.45, 7) is 6.09. The first-order valence-corrected chi connectivity index (χ1v) is 6.36. The number of nitrogens with one attached hydrogen (secondary N) is 1. The average Bonchev–Trinajstić information content (AvgIpc) is 2.64. The van der Waals surface area contributed by atoms with Gasteiger partial charge in [0.05, 0.1) is 12.2 Å². The maximum Gasteiger partial charge on any atom is 0.184 e. The maximum absolute atomic E-state index is 11.9. The van der Waals surface area contributed by atoms with Gasteiger partial charge in [0.15, 0.2) is 5.78 Å². The van der Waals surface area contributed by atoms with Gasteiger partial charge in [-0.25, -0.2) is 4.68 Å². The Bertz CT molecular complexity index is 384. The van der Waals surface area contributed by atoms with Crippen LogP contribution in [0.1, 0.15) is 49.6 Å². The van der Waals surface area contributed by atoms with E-state index in [0.29, 0.717) is 24.1 Å². The minimum atomic E-state index is 0.115. The van der Waals surface area contributed by atoms with E-state index in [0.717, 1.165) is 25.9 Å². The fourth-order valence-electron chi connectivity index (χ4n) is 2.06. The molecule has 1 saturated heterocycles. The van der Waals surface area contributed by atoms with Crippen molar-refractivity contribution in [2.24, 2.45) is 5.92 Å². The van der Waals surface area contributed by atoms with Crippen LogP contribution in [0.3, 0.4) is 0 Å². The summed E-state index contributed by atoms with van der Waals surface area (Å²) in [5.74, 6) is 0.549. The third-order valence-electron chi connectivity index (χ3n) is 3.25. The second kappa shape index (κ2) is 5.40. The molecule has 17 heavy (non-hydrogen) atoms. The van der Waals surface area contributed by atoms with Crippen molar-refractivity contribution >= 4 is 5.78 Å². The van der Waals surface area contributed by atoms with Crippen LogP contribution in [0.4, 0.5) is 0 Å². The summed E-state index contributed by atoms with van der Waals surface area (Å²) in [7, 11) is 0. The first-order chi connectivity index (χ1) is 8.20. The fraction of sp³-hybridized carbons (Fsp3) is 0.750. The van der Waals surface area contributed by atoms with Crippen LogP contribution in [0.25, 0.3) is 0 Å². The van der Waals surface area contributed by atoms with E-state index < -0.39 is 0 Å². The van der Waals surface area contributed by atoms with Crippen molar-refractivity contribution in [3.63, 3.8) is 0 Å². The molecule has 2 rings (SSSR count). The smallest absolute Gasteiger partial charge is 0.184 e. The molecular weight excluding hydrogens is 216 g/mol. The Morgan fingerprint density at radius 1 is 1.65 bits per heavy atom. The summed E-state index contributed by atoms with van der Waals surface area (Å²) in [6.07, 6.45) is 4.57. The second-order valence-electron chi connectivity index (χ2n) is 4.92. The van der Waals surface area contributed by atoms with Gasteiger partial charge < -0.3 is 5.32 Å². The number of Topliss-reactive ketones (excluding diaryl/α,β-unsaturated/α-hetero) is 1. The Balaban J connectivity index is 1.92. The van der Waals surface area contributed by atoms with Crippen molar-refractivity contribution < 1.29 is 4.79 Å². The molecular formula is C12H20N4O. The molecule has 94 valence electrons. The monoisotopic (exact) mass is 236 g/mol. The Labute approximate surface area is 102 Å². The molecule has 1 aliphatic heterocycles. The van der Waals surface area contributed by atoms with Crippen LogP contribution in [0.15, 0.2) is 6.20 Å². The minimum Gasteiger partial charge on any atom is -0.312 e. The number of carbonyl (C=O) groups is 1. The van der Waals surface area contributed by atoms with Crippen molar-refractivity contribution in [1.29, 1.82) is 0 Å². The van der Waals surface area contributed by atoms with Gasteiger partial charge in [0, 0.05) is 19.5 Å². The molecule has 1 aromatic rings. The minimum absolute atomic E-state index is 0.115. The summed E-state index contributed by atoms with van der Waals surface area (Å²) in [5.41, 5.74) is 0.514. The Morgan fingerprint density at radius 3 is 3.00 bits per heavy atom. The third kappa shape index (κ3) is 2.91. The van der Waals surface area contributed by atoms with Gasteiger partial charge >= 0.3 is 0 Å². The van der Waals surface area contributed by atoms with Gasteiger partial charge in [0.25, 0.3) is 0 Å². The molecule has 1 fully saturated rings. The molecule has 0 saturated carbocycles. The van der Waals surface area contributed by atoms with Gasteiger partial charge in [-0.05, 0) is 5.92 Å². The Morgan fingerprint density at radius 2 is 2.41 bits per heavy atom. The van der Waals surface area contributed by atoms with E-state index in [4.69, 9.17) is 0 Å². The van der Waals surface area contributed by atoms with Crippen molar-refractivity contribution in [1.82, 2.24) is 20.3 Å². The molecule has 2 heterocycles. The van der Waals surface area contributed by atoms with Gasteiger partial charge in [-0.1, -0.05) is 31.9 Å². The van der Waals surface area contributed by atoms with E-state index in [2.05, 4.69) is 29.5 Å². The summed E-state index contributed by atoms with van der Waals surface area (Å²) < 4.78 is 1.80. The van der Waals surface area contributed by atoms with Gasteiger partial charge in [-0.15, -0.1) is 5.10 Å². The largest absolute Gasteiger partial charge is 0.312 e. The molecule has 0 bridgehead atoms. The normalized spacial score (nSPS) is 17.8. The van der Waals surface area contributed by atoms with Crippen LogP contribution in [0.2, 0.25) is 0 Å². The quantitative estimate of drug-likeness (QED) is 0.759. The SMILES string of the molecule is CCCC(C)CC(=O)c1cn(C2CNC2)nn1. The summed E-state index contributed by atoms with van der Waals surface area (Å²) in [6, 6.07) is 0.372. The average molecular weight is 236 g/mol. The zero-order valence-corrected chi connectivity index (χ0v) is 10.5. The molecule has 1 aromatic heterocycles. The molecule has 5 heteroatoms. The number of carbonyl (C=O) groups excluding carboxylic acids is 1. The van der Waals surface area contributed by atoms with Gasteiger partial charge in [-0.2, -0.15) is 0 Å². The van der Waals surface area contributed by atoms with E-state index in [1.807, 2.05) is 0 Å². The lowest BCUT2D eigenvalue weighted by molar-refractivity contribution is 0.0957. The highest BCUT2D eigenvalue weighted by Gasteiger charge is 2.22. The van der Waals surface area contributed by atoms with E-state index >= 15 is 0 Å². The van der Waals surface area contributed by atoms with Crippen molar-refractivity contribution in [2.45, 2.75) is 39.2 Å². The molecule has 0 aromatic carbocycles. The standard InChI is InChI=1S/C12H20N4O/c1-3-4-9(2)5-12(17)11-8-16(15-14-11)10-6-13-7-10/h8-10,13H,3-7H2,1-2H3. The van der Waals surface area contributed by atoms with Crippen LogP contribution in [-0.2, 0) is 0 Å². The number of hydrogen-bond acceptors (Lipinski definition) is 4. The molecule has 0 spiro atoms. The van der Waals surface area contributed by atoms with E-state index in [9.17, 15) is 4.79 Å². The molecule has 1 N–H and O–H groups in total. The number of hydrogen-bond donors (Lipinski definition) is 1. The maximum atomic E-state index is 11.9. The lowest BCUT2D eigenvalue weighted by atomic mass is 9.99. The Kier molecular flexibility index (Phi) is 3.89. The first kappa shape index (κ1) is 12.2. The van der Waals surface area contributed by atoms with Crippen molar-refractivity contribution in [2.75, 3.05) is 13.1 Å². The molecule has 1 unspecified atom stereocenters. The highest BCUT2D eigenvalue weighted by Crippen LogP contribution is 2.15.